The molecule has 0 heterocycles. The van der Waals surface area contributed by atoms with E-state index in [9.17, 15) is 13.2 Å². The van der Waals surface area contributed by atoms with Crippen molar-refractivity contribution in [3.63, 3.8) is 0 Å². The molecule has 1 aromatic rings. The summed E-state index contributed by atoms with van der Waals surface area (Å²) in [4.78, 5) is 12.2. The Labute approximate surface area is 150 Å². The number of hydrogen-bond acceptors (Lipinski definition) is 5. The van der Waals surface area contributed by atoms with Gasteiger partial charge in [-0.15, -0.1) is 0 Å². The fourth-order valence-corrected chi connectivity index (χ4v) is 3.71. The first-order chi connectivity index (χ1) is 11.9. The number of carbonyl (C=O) groups is 1. The second-order valence-electron chi connectivity index (χ2n) is 5.52. The molecule has 0 spiro atoms. The van der Waals surface area contributed by atoms with Gasteiger partial charge in [0.05, 0.1) is 20.0 Å². The lowest BCUT2D eigenvalue weighted by Gasteiger charge is -2.20. The highest BCUT2D eigenvalue weighted by atomic mass is 32.2. The number of rotatable bonds is 11. The van der Waals surface area contributed by atoms with Crippen LogP contribution in [0.2, 0.25) is 0 Å². The Kier molecular flexibility index (Phi) is 8.71. The zero-order valence-corrected chi connectivity index (χ0v) is 16.2. The molecule has 0 aliphatic rings. The van der Waals surface area contributed by atoms with E-state index in [1.165, 1.54) is 18.5 Å². The average molecular weight is 372 g/mol. The van der Waals surface area contributed by atoms with E-state index in [1.807, 2.05) is 13.8 Å². The third kappa shape index (κ3) is 6.55. The molecular formula is C17H28N2O5S. The molecule has 0 aliphatic heterocycles. The third-order valence-electron chi connectivity index (χ3n) is 3.77. The lowest BCUT2D eigenvalue weighted by Crippen LogP contribution is -2.38. The van der Waals surface area contributed by atoms with Gasteiger partial charge in [-0.1, -0.05) is 20.3 Å². The van der Waals surface area contributed by atoms with Crippen LogP contribution in [-0.2, 0) is 10.0 Å². The normalized spacial score (nSPS) is 11.4. The maximum atomic E-state index is 12.3. The summed E-state index contributed by atoms with van der Waals surface area (Å²) in [5.74, 6) is 0.490. The second kappa shape index (κ2) is 10.2. The molecule has 0 radical (unpaired) electrons. The van der Waals surface area contributed by atoms with Crippen LogP contribution in [-0.4, -0.2) is 58.2 Å². The molecule has 8 heteroatoms. The van der Waals surface area contributed by atoms with Crippen molar-refractivity contribution in [1.82, 2.24) is 9.62 Å². The molecule has 0 atom stereocenters. The van der Waals surface area contributed by atoms with E-state index in [0.29, 0.717) is 30.2 Å². The second-order valence-corrected chi connectivity index (χ2v) is 7.61. The summed E-state index contributed by atoms with van der Waals surface area (Å²) in [5, 5.41) is 2.64. The van der Waals surface area contributed by atoms with Gasteiger partial charge >= 0.3 is 0 Å². The smallest absolute Gasteiger partial charge is 0.251 e. The van der Waals surface area contributed by atoms with Gasteiger partial charge in [-0.2, -0.15) is 0 Å². The fourth-order valence-electron chi connectivity index (χ4n) is 2.29. The van der Waals surface area contributed by atoms with Crippen molar-refractivity contribution >= 4 is 15.9 Å². The zero-order valence-electron chi connectivity index (χ0n) is 15.4. The lowest BCUT2D eigenvalue weighted by molar-refractivity contribution is 0.0955. The molecule has 0 unspecified atom stereocenters. The van der Waals surface area contributed by atoms with Crippen molar-refractivity contribution < 1.29 is 22.7 Å². The van der Waals surface area contributed by atoms with Crippen LogP contribution >= 0.6 is 0 Å². The summed E-state index contributed by atoms with van der Waals surface area (Å²) >= 11 is 0. The summed E-state index contributed by atoms with van der Waals surface area (Å²) in [6, 6.07) is 4.81. The van der Waals surface area contributed by atoms with Crippen LogP contribution in [0.4, 0.5) is 0 Å². The van der Waals surface area contributed by atoms with Crippen LogP contribution in [0.3, 0.4) is 0 Å². The number of sulfonamides is 1. The van der Waals surface area contributed by atoms with Crippen LogP contribution in [0.15, 0.2) is 18.2 Å². The van der Waals surface area contributed by atoms with E-state index in [1.54, 1.807) is 18.2 Å². The molecule has 0 aliphatic carbocycles. The van der Waals surface area contributed by atoms with Crippen molar-refractivity contribution in [2.45, 2.75) is 26.7 Å². The summed E-state index contributed by atoms with van der Waals surface area (Å²) in [6.45, 7) is 4.82. The highest BCUT2D eigenvalue weighted by Crippen LogP contribution is 2.22. The van der Waals surface area contributed by atoms with E-state index in [2.05, 4.69) is 5.32 Å². The molecule has 0 fully saturated rings. The molecule has 1 rings (SSSR count). The van der Waals surface area contributed by atoms with Gasteiger partial charge in [-0.3, -0.25) is 4.79 Å². The van der Waals surface area contributed by atoms with Crippen molar-refractivity contribution in [1.29, 1.82) is 0 Å². The molecule has 1 N–H and O–H groups in total. The Morgan fingerprint density at radius 3 is 2.20 bits per heavy atom. The minimum absolute atomic E-state index is 0.0450. The molecule has 1 amide bonds. The molecule has 0 saturated heterocycles. The van der Waals surface area contributed by atoms with Gasteiger partial charge < -0.3 is 14.8 Å². The van der Waals surface area contributed by atoms with Crippen molar-refractivity contribution in [2.75, 3.05) is 39.6 Å². The van der Waals surface area contributed by atoms with Crippen LogP contribution in [0, 0.1) is 0 Å². The number of methoxy groups -OCH3 is 2. The Morgan fingerprint density at radius 1 is 1.12 bits per heavy atom. The Hall–Kier alpha value is -1.80. The molecule has 0 bridgehead atoms. The molecule has 0 aromatic heterocycles. The maximum Gasteiger partial charge on any atom is 0.251 e. The monoisotopic (exact) mass is 372 g/mol. The van der Waals surface area contributed by atoms with Crippen molar-refractivity contribution in [2.24, 2.45) is 0 Å². The number of nitrogens with one attached hydrogen (secondary N) is 1. The van der Waals surface area contributed by atoms with Gasteiger partial charge in [0.1, 0.15) is 11.5 Å². The Balaban J connectivity index is 2.67. The lowest BCUT2D eigenvalue weighted by atomic mass is 10.2. The van der Waals surface area contributed by atoms with Crippen LogP contribution in [0.5, 0.6) is 11.5 Å². The minimum atomic E-state index is -3.38. The van der Waals surface area contributed by atoms with Gasteiger partial charge in [0.15, 0.2) is 0 Å². The van der Waals surface area contributed by atoms with E-state index < -0.39 is 10.0 Å². The predicted octanol–water partition coefficient (Wildman–Crippen LogP) is 1.89. The maximum absolute atomic E-state index is 12.3. The van der Waals surface area contributed by atoms with Gasteiger partial charge in [0.25, 0.3) is 5.91 Å². The molecule has 7 nitrogen and oxygen atoms in total. The average Bonchev–Trinajstić information content (AvgIpc) is 2.61. The first kappa shape index (κ1) is 21.2. The number of hydrogen-bond donors (Lipinski definition) is 1. The van der Waals surface area contributed by atoms with Crippen molar-refractivity contribution in [3.8, 4) is 11.5 Å². The number of carbonyl (C=O) groups excluding carboxylic acids is 1. The largest absolute Gasteiger partial charge is 0.497 e. The van der Waals surface area contributed by atoms with E-state index >= 15 is 0 Å². The standard InChI is InChI=1S/C17H28N2O5S/c1-5-7-9-19(6-2)25(21,22)10-8-18-17(20)14-11-15(23-3)13-16(12-14)24-4/h11-13H,5-10H2,1-4H3,(H,18,20). The van der Waals surface area contributed by atoms with Gasteiger partial charge in [0.2, 0.25) is 10.0 Å². The number of unbranched alkanes of at least 4 members (excludes halogenated alkanes) is 1. The topological polar surface area (TPSA) is 84.9 Å². The van der Waals surface area contributed by atoms with E-state index in [0.717, 1.165) is 12.8 Å². The predicted molar refractivity (Wildman–Crippen MR) is 97.8 cm³/mol. The number of benzene rings is 1. The summed E-state index contributed by atoms with van der Waals surface area (Å²) < 4.78 is 36.4. The summed E-state index contributed by atoms with van der Waals surface area (Å²) in [5.41, 5.74) is 0.354. The number of amides is 1. The van der Waals surface area contributed by atoms with Crippen LogP contribution < -0.4 is 14.8 Å². The molecule has 0 saturated carbocycles. The van der Waals surface area contributed by atoms with Gasteiger partial charge in [-0.05, 0) is 18.6 Å². The quantitative estimate of drug-likeness (QED) is 0.641. The van der Waals surface area contributed by atoms with Gasteiger partial charge in [0, 0.05) is 31.3 Å². The van der Waals surface area contributed by atoms with Crippen LogP contribution in [0.1, 0.15) is 37.0 Å². The number of nitrogens with zero attached hydrogens (tertiary/aromatic N) is 1. The van der Waals surface area contributed by atoms with Crippen molar-refractivity contribution in [3.05, 3.63) is 23.8 Å². The fraction of sp³-hybridized carbons (Fsp3) is 0.588. The first-order valence-electron chi connectivity index (χ1n) is 8.37. The summed E-state index contributed by atoms with van der Waals surface area (Å²) in [7, 11) is -0.382. The minimum Gasteiger partial charge on any atom is -0.497 e. The highest BCUT2D eigenvalue weighted by molar-refractivity contribution is 7.89. The van der Waals surface area contributed by atoms with E-state index in [-0.39, 0.29) is 18.2 Å². The molecule has 142 valence electrons. The SMILES string of the molecule is CCCCN(CC)S(=O)(=O)CCNC(=O)c1cc(OC)cc(OC)c1. The highest BCUT2D eigenvalue weighted by Gasteiger charge is 2.20. The Morgan fingerprint density at radius 2 is 1.72 bits per heavy atom. The first-order valence-corrected chi connectivity index (χ1v) is 9.97. The van der Waals surface area contributed by atoms with Gasteiger partial charge in [-0.25, -0.2) is 12.7 Å². The van der Waals surface area contributed by atoms with E-state index in [4.69, 9.17) is 9.47 Å². The van der Waals surface area contributed by atoms with Crippen LogP contribution in [0.25, 0.3) is 0 Å². The number of ether oxygens (including phenoxy) is 2. The molecular weight excluding hydrogens is 344 g/mol. The molecule has 1 aromatic carbocycles. The molecule has 25 heavy (non-hydrogen) atoms. The zero-order chi connectivity index (χ0) is 18.9. The summed E-state index contributed by atoms with van der Waals surface area (Å²) in [6.07, 6.45) is 1.75. The Bertz CT molecular complexity index is 639. The third-order valence-corrected chi connectivity index (χ3v) is 5.71.